The quantitative estimate of drug-likeness (QED) is 0.734. The summed E-state index contributed by atoms with van der Waals surface area (Å²) in [6.45, 7) is 3.93. The maximum Gasteiger partial charge on any atom is 0.240 e. The highest BCUT2D eigenvalue weighted by atomic mass is 16.2. The van der Waals surface area contributed by atoms with Crippen molar-refractivity contribution in [2.45, 2.75) is 51.1 Å². The predicted octanol–water partition coefficient (Wildman–Crippen LogP) is 1.14. The van der Waals surface area contributed by atoms with Crippen molar-refractivity contribution in [2.75, 3.05) is 13.1 Å². The van der Waals surface area contributed by atoms with Crippen LogP contribution in [0, 0.1) is 0 Å². The Labute approximate surface area is 85.8 Å². The van der Waals surface area contributed by atoms with Gasteiger partial charge in [0, 0.05) is 12.6 Å². The zero-order valence-corrected chi connectivity index (χ0v) is 8.96. The second-order valence-electron chi connectivity index (χ2n) is 4.37. The molecule has 0 spiro atoms. The Morgan fingerprint density at radius 2 is 2.07 bits per heavy atom. The number of carbonyl (C=O) groups is 1. The summed E-state index contributed by atoms with van der Waals surface area (Å²) in [6.07, 6.45) is 6.07. The molecule has 0 aromatic heterocycles. The molecule has 1 saturated heterocycles. The van der Waals surface area contributed by atoms with Gasteiger partial charge in [0.1, 0.15) is 0 Å². The van der Waals surface area contributed by atoms with Gasteiger partial charge in [-0.3, -0.25) is 4.79 Å². The van der Waals surface area contributed by atoms with Crippen molar-refractivity contribution in [3.05, 3.63) is 0 Å². The summed E-state index contributed by atoms with van der Waals surface area (Å²) >= 11 is 0. The molecule has 1 heterocycles. The van der Waals surface area contributed by atoms with E-state index >= 15 is 0 Å². The van der Waals surface area contributed by atoms with Gasteiger partial charge in [0.2, 0.25) is 5.91 Å². The number of hydrogen-bond acceptors (Lipinski definition) is 2. The molecule has 3 heteroatoms. The summed E-state index contributed by atoms with van der Waals surface area (Å²) in [5, 5.41) is 3.26. The number of rotatable bonds is 3. The molecular weight excluding hydrogens is 176 g/mol. The van der Waals surface area contributed by atoms with Crippen molar-refractivity contribution >= 4 is 5.91 Å². The van der Waals surface area contributed by atoms with E-state index in [1.165, 1.54) is 25.7 Å². The van der Waals surface area contributed by atoms with E-state index in [4.69, 9.17) is 0 Å². The van der Waals surface area contributed by atoms with Crippen molar-refractivity contribution in [2.24, 2.45) is 0 Å². The molecule has 80 valence electrons. The number of nitrogens with one attached hydrogen (secondary N) is 1. The third-order valence-corrected chi connectivity index (χ3v) is 3.46. The highest BCUT2D eigenvalue weighted by Gasteiger charge is 2.35. The molecule has 2 rings (SSSR count). The monoisotopic (exact) mass is 196 g/mol. The largest absolute Gasteiger partial charge is 0.338 e. The first kappa shape index (κ1) is 9.97. The Balaban J connectivity index is 1.92. The van der Waals surface area contributed by atoms with Crippen LogP contribution >= 0.6 is 0 Å². The average molecular weight is 196 g/mol. The van der Waals surface area contributed by atoms with Crippen LogP contribution < -0.4 is 5.32 Å². The molecule has 1 unspecified atom stereocenters. The Morgan fingerprint density at radius 3 is 2.71 bits per heavy atom. The normalized spacial score (nSPS) is 29.1. The van der Waals surface area contributed by atoms with Gasteiger partial charge in [0.25, 0.3) is 0 Å². The lowest BCUT2D eigenvalue weighted by Gasteiger charge is -2.24. The molecule has 1 N–H and O–H groups in total. The first-order valence-corrected chi connectivity index (χ1v) is 5.86. The van der Waals surface area contributed by atoms with Gasteiger partial charge in [-0.25, -0.2) is 0 Å². The minimum absolute atomic E-state index is 0.112. The minimum Gasteiger partial charge on any atom is -0.338 e. The van der Waals surface area contributed by atoms with Crippen LogP contribution in [-0.4, -0.2) is 36.0 Å². The van der Waals surface area contributed by atoms with E-state index in [0.29, 0.717) is 11.9 Å². The van der Waals surface area contributed by atoms with Gasteiger partial charge in [-0.05, 0) is 25.8 Å². The number of carbonyl (C=O) groups excluding carboxylic acids is 1. The molecule has 0 radical (unpaired) electrons. The van der Waals surface area contributed by atoms with Crippen LogP contribution in [0.4, 0.5) is 0 Å². The average Bonchev–Trinajstić information content (AvgIpc) is 2.77. The minimum atomic E-state index is 0.112. The summed E-state index contributed by atoms with van der Waals surface area (Å²) in [5.74, 6) is 0.346. The lowest BCUT2D eigenvalue weighted by atomic mass is 10.2. The third-order valence-electron chi connectivity index (χ3n) is 3.46. The Hall–Kier alpha value is -0.570. The molecule has 0 aromatic carbocycles. The van der Waals surface area contributed by atoms with Crippen LogP contribution in [0.5, 0.6) is 0 Å². The molecule has 1 aliphatic carbocycles. The molecule has 0 aromatic rings. The molecular formula is C11H20N2O. The number of hydrogen-bond donors (Lipinski definition) is 1. The Kier molecular flexibility index (Phi) is 3.06. The van der Waals surface area contributed by atoms with Crippen molar-refractivity contribution < 1.29 is 4.79 Å². The zero-order chi connectivity index (χ0) is 9.97. The molecule has 1 aliphatic heterocycles. The molecule has 3 nitrogen and oxygen atoms in total. The topological polar surface area (TPSA) is 32.3 Å². The first-order valence-electron chi connectivity index (χ1n) is 5.86. The fourth-order valence-electron chi connectivity index (χ4n) is 2.72. The van der Waals surface area contributed by atoms with Crippen LogP contribution in [0.15, 0.2) is 0 Å². The Bertz CT molecular complexity index is 211. The van der Waals surface area contributed by atoms with Crippen LogP contribution in [0.1, 0.15) is 39.0 Å². The fourth-order valence-corrected chi connectivity index (χ4v) is 2.72. The molecule has 14 heavy (non-hydrogen) atoms. The smallest absolute Gasteiger partial charge is 0.240 e. The van der Waals surface area contributed by atoms with Crippen LogP contribution in [0.2, 0.25) is 0 Å². The highest BCUT2D eigenvalue weighted by molar-refractivity contribution is 5.84. The highest BCUT2D eigenvalue weighted by Crippen LogP contribution is 2.27. The van der Waals surface area contributed by atoms with E-state index in [1.807, 2.05) is 0 Å². The van der Waals surface area contributed by atoms with Crippen molar-refractivity contribution in [1.82, 2.24) is 10.2 Å². The van der Waals surface area contributed by atoms with Crippen molar-refractivity contribution in [3.8, 4) is 0 Å². The standard InChI is InChI=1S/C11H20N2O/c1-2-12-10-7-8-13(11(10)14)9-5-3-4-6-9/h9-10,12H,2-8H2,1H3. The molecule has 2 fully saturated rings. The number of nitrogens with zero attached hydrogens (tertiary/aromatic N) is 1. The van der Waals surface area contributed by atoms with Crippen molar-refractivity contribution in [1.29, 1.82) is 0 Å². The summed E-state index contributed by atoms with van der Waals surface area (Å²) in [4.78, 5) is 14.1. The maximum atomic E-state index is 11.9. The lowest BCUT2D eigenvalue weighted by molar-refractivity contribution is -0.131. The maximum absolute atomic E-state index is 11.9. The number of likely N-dealkylation sites (tertiary alicyclic amines) is 1. The summed E-state index contributed by atoms with van der Waals surface area (Å²) < 4.78 is 0. The summed E-state index contributed by atoms with van der Waals surface area (Å²) in [6, 6.07) is 0.673. The molecule has 0 bridgehead atoms. The van der Waals surface area contributed by atoms with Crippen LogP contribution in [0.25, 0.3) is 0 Å². The van der Waals surface area contributed by atoms with E-state index in [9.17, 15) is 4.79 Å². The summed E-state index contributed by atoms with van der Waals surface area (Å²) in [7, 11) is 0. The predicted molar refractivity (Wildman–Crippen MR) is 56.1 cm³/mol. The number of likely N-dealkylation sites (N-methyl/N-ethyl adjacent to an activating group) is 1. The van der Waals surface area contributed by atoms with Gasteiger partial charge in [-0.15, -0.1) is 0 Å². The second kappa shape index (κ2) is 4.30. The zero-order valence-electron chi connectivity index (χ0n) is 8.96. The van der Waals surface area contributed by atoms with E-state index < -0.39 is 0 Å². The first-order chi connectivity index (χ1) is 6.83. The molecule has 2 aliphatic rings. The summed E-state index contributed by atoms with van der Waals surface area (Å²) in [5.41, 5.74) is 0. The van der Waals surface area contributed by atoms with Gasteiger partial charge in [-0.2, -0.15) is 0 Å². The second-order valence-corrected chi connectivity index (χ2v) is 4.37. The Morgan fingerprint density at radius 1 is 1.36 bits per heavy atom. The fraction of sp³-hybridized carbons (Fsp3) is 0.909. The van der Waals surface area contributed by atoms with Crippen LogP contribution in [0.3, 0.4) is 0 Å². The van der Waals surface area contributed by atoms with Gasteiger partial charge in [-0.1, -0.05) is 19.8 Å². The number of amides is 1. The van der Waals surface area contributed by atoms with Crippen molar-refractivity contribution in [3.63, 3.8) is 0 Å². The van der Waals surface area contributed by atoms with E-state index in [-0.39, 0.29) is 6.04 Å². The van der Waals surface area contributed by atoms with Crippen LogP contribution in [-0.2, 0) is 4.79 Å². The van der Waals surface area contributed by atoms with E-state index in [2.05, 4.69) is 17.1 Å². The molecule has 1 amide bonds. The SMILES string of the molecule is CCNC1CCN(C2CCCC2)C1=O. The van der Waals surface area contributed by atoms with Gasteiger partial charge < -0.3 is 10.2 Å². The molecule has 1 saturated carbocycles. The lowest BCUT2D eigenvalue weighted by Crippen LogP contribution is -2.41. The molecule has 1 atom stereocenters. The van der Waals surface area contributed by atoms with Gasteiger partial charge in [0.05, 0.1) is 6.04 Å². The third kappa shape index (κ3) is 1.78. The van der Waals surface area contributed by atoms with Gasteiger partial charge in [0.15, 0.2) is 0 Å². The van der Waals surface area contributed by atoms with E-state index in [0.717, 1.165) is 19.5 Å². The van der Waals surface area contributed by atoms with Gasteiger partial charge >= 0.3 is 0 Å². The van der Waals surface area contributed by atoms with E-state index in [1.54, 1.807) is 0 Å².